The summed E-state index contributed by atoms with van der Waals surface area (Å²) < 4.78 is 5.46. The van der Waals surface area contributed by atoms with Gasteiger partial charge in [-0.15, -0.1) is 11.3 Å². The van der Waals surface area contributed by atoms with Gasteiger partial charge in [-0.2, -0.15) is 0 Å². The second-order valence-electron chi connectivity index (χ2n) is 7.53. The van der Waals surface area contributed by atoms with Crippen LogP contribution in [0.25, 0.3) is 0 Å². The van der Waals surface area contributed by atoms with E-state index in [1.54, 1.807) is 66.7 Å². The standard InChI is InChI=1S/C26H23N3O4S/c1-27-24(30)19-8-6-18(7-9-19)16-29(17-22-4-2-14-33-22)26(32)20-10-12-21(13-11-20)28-25(31)23-5-3-15-34-23/h2-15H,16-17H2,1H3,(H,27,30)(H,28,31). The second-order valence-corrected chi connectivity index (χ2v) is 8.47. The number of hydrogen-bond acceptors (Lipinski definition) is 5. The smallest absolute Gasteiger partial charge is 0.265 e. The first-order valence-electron chi connectivity index (χ1n) is 10.6. The van der Waals surface area contributed by atoms with E-state index in [0.29, 0.717) is 40.5 Å². The summed E-state index contributed by atoms with van der Waals surface area (Å²) in [6.07, 6.45) is 1.57. The molecule has 0 aliphatic rings. The summed E-state index contributed by atoms with van der Waals surface area (Å²) >= 11 is 1.36. The molecule has 0 unspecified atom stereocenters. The molecule has 34 heavy (non-hydrogen) atoms. The molecule has 7 nitrogen and oxygen atoms in total. The number of carbonyl (C=O) groups excluding carboxylic acids is 3. The number of amides is 3. The summed E-state index contributed by atoms with van der Waals surface area (Å²) in [4.78, 5) is 39.7. The normalized spacial score (nSPS) is 10.5. The Morgan fingerprint density at radius 1 is 0.853 bits per heavy atom. The molecule has 0 saturated carbocycles. The molecule has 172 valence electrons. The van der Waals surface area contributed by atoms with Gasteiger partial charge in [0.05, 0.1) is 17.7 Å². The molecule has 0 bridgehead atoms. The van der Waals surface area contributed by atoms with E-state index in [4.69, 9.17) is 4.42 Å². The molecule has 0 aliphatic carbocycles. The van der Waals surface area contributed by atoms with Crippen LogP contribution < -0.4 is 10.6 Å². The molecule has 0 saturated heterocycles. The van der Waals surface area contributed by atoms with Gasteiger partial charge < -0.3 is 20.0 Å². The van der Waals surface area contributed by atoms with Crippen LogP contribution in [0.1, 0.15) is 41.7 Å². The Kier molecular flexibility index (Phi) is 7.19. The summed E-state index contributed by atoms with van der Waals surface area (Å²) in [5.74, 6) is 0.133. The van der Waals surface area contributed by atoms with E-state index >= 15 is 0 Å². The molecule has 2 aromatic carbocycles. The fourth-order valence-electron chi connectivity index (χ4n) is 3.40. The molecular formula is C26H23N3O4S. The topological polar surface area (TPSA) is 91.7 Å². The van der Waals surface area contributed by atoms with Crippen molar-refractivity contribution in [3.05, 3.63) is 112 Å². The van der Waals surface area contributed by atoms with Crippen molar-refractivity contribution in [1.29, 1.82) is 0 Å². The molecule has 2 heterocycles. The summed E-state index contributed by atoms with van der Waals surface area (Å²) in [5.41, 5.74) is 2.53. The maximum Gasteiger partial charge on any atom is 0.265 e. The Bertz CT molecular complexity index is 1250. The summed E-state index contributed by atoms with van der Waals surface area (Å²) in [6.45, 7) is 0.629. The number of rotatable bonds is 8. The number of nitrogens with one attached hydrogen (secondary N) is 2. The van der Waals surface area contributed by atoms with E-state index in [0.717, 1.165) is 5.56 Å². The van der Waals surface area contributed by atoms with Gasteiger partial charge >= 0.3 is 0 Å². The Hall–Kier alpha value is -4.17. The van der Waals surface area contributed by atoms with Crippen LogP contribution in [-0.4, -0.2) is 29.7 Å². The zero-order chi connectivity index (χ0) is 23.9. The van der Waals surface area contributed by atoms with Crippen molar-refractivity contribution >= 4 is 34.7 Å². The number of thiophene rings is 1. The second kappa shape index (κ2) is 10.6. The zero-order valence-corrected chi connectivity index (χ0v) is 19.3. The quantitative estimate of drug-likeness (QED) is 0.385. The molecule has 2 aromatic heterocycles. The van der Waals surface area contributed by atoms with Crippen molar-refractivity contribution in [2.45, 2.75) is 13.1 Å². The van der Waals surface area contributed by atoms with Gasteiger partial charge in [-0.3, -0.25) is 14.4 Å². The highest BCUT2D eigenvalue weighted by molar-refractivity contribution is 7.12. The Morgan fingerprint density at radius 3 is 2.21 bits per heavy atom. The number of hydrogen-bond donors (Lipinski definition) is 2. The number of benzene rings is 2. The number of anilines is 1. The highest BCUT2D eigenvalue weighted by Crippen LogP contribution is 2.18. The van der Waals surface area contributed by atoms with Gasteiger partial charge in [0.25, 0.3) is 17.7 Å². The van der Waals surface area contributed by atoms with Crippen molar-refractivity contribution in [3.63, 3.8) is 0 Å². The molecule has 0 spiro atoms. The molecule has 0 radical (unpaired) electrons. The third-order valence-corrected chi connectivity index (χ3v) is 6.03. The molecule has 0 atom stereocenters. The van der Waals surface area contributed by atoms with E-state index in [1.165, 1.54) is 11.3 Å². The minimum Gasteiger partial charge on any atom is -0.467 e. The van der Waals surface area contributed by atoms with E-state index in [1.807, 2.05) is 29.6 Å². The molecule has 2 N–H and O–H groups in total. The molecule has 0 aliphatic heterocycles. The van der Waals surface area contributed by atoms with E-state index in [9.17, 15) is 14.4 Å². The van der Waals surface area contributed by atoms with Gasteiger partial charge in [0.15, 0.2) is 0 Å². The van der Waals surface area contributed by atoms with E-state index in [2.05, 4.69) is 10.6 Å². The lowest BCUT2D eigenvalue weighted by molar-refractivity contribution is 0.0717. The number of carbonyl (C=O) groups is 3. The molecule has 4 aromatic rings. The van der Waals surface area contributed by atoms with Crippen LogP contribution in [0.4, 0.5) is 5.69 Å². The minimum absolute atomic E-state index is 0.165. The van der Waals surface area contributed by atoms with Crippen LogP contribution >= 0.6 is 11.3 Å². The van der Waals surface area contributed by atoms with Crippen molar-refractivity contribution in [2.24, 2.45) is 0 Å². The van der Waals surface area contributed by atoms with E-state index in [-0.39, 0.29) is 17.7 Å². The van der Waals surface area contributed by atoms with Crippen molar-refractivity contribution < 1.29 is 18.8 Å². The monoisotopic (exact) mass is 473 g/mol. The SMILES string of the molecule is CNC(=O)c1ccc(CN(Cc2ccco2)C(=O)c2ccc(NC(=O)c3cccs3)cc2)cc1. The van der Waals surface area contributed by atoms with E-state index < -0.39 is 0 Å². The largest absolute Gasteiger partial charge is 0.467 e. The third kappa shape index (κ3) is 5.60. The van der Waals surface area contributed by atoms with Gasteiger partial charge in [0.2, 0.25) is 0 Å². The lowest BCUT2D eigenvalue weighted by Crippen LogP contribution is -2.30. The summed E-state index contributed by atoms with van der Waals surface area (Å²) in [7, 11) is 1.58. The molecule has 4 rings (SSSR count). The Balaban J connectivity index is 1.49. The van der Waals surface area contributed by atoms with Crippen molar-refractivity contribution in [2.75, 3.05) is 12.4 Å². The van der Waals surface area contributed by atoms with Gasteiger partial charge in [-0.05, 0) is 65.5 Å². The Morgan fingerprint density at radius 2 is 1.59 bits per heavy atom. The first-order chi connectivity index (χ1) is 16.5. The van der Waals surface area contributed by atoms with Crippen LogP contribution in [0.5, 0.6) is 0 Å². The lowest BCUT2D eigenvalue weighted by Gasteiger charge is -2.22. The Labute approximate surface area is 201 Å². The van der Waals surface area contributed by atoms with Gasteiger partial charge in [0, 0.05) is 30.4 Å². The van der Waals surface area contributed by atoms with Crippen molar-refractivity contribution in [3.8, 4) is 0 Å². The predicted molar refractivity (Wildman–Crippen MR) is 131 cm³/mol. The van der Waals surface area contributed by atoms with Crippen LogP contribution in [0.3, 0.4) is 0 Å². The fraction of sp³-hybridized carbons (Fsp3) is 0.115. The molecule has 3 amide bonds. The maximum absolute atomic E-state index is 13.4. The number of nitrogens with zero attached hydrogens (tertiary/aromatic N) is 1. The van der Waals surface area contributed by atoms with Crippen molar-refractivity contribution in [1.82, 2.24) is 10.2 Å². The van der Waals surface area contributed by atoms with Gasteiger partial charge in [-0.1, -0.05) is 18.2 Å². The molecule has 0 fully saturated rings. The van der Waals surface area contributed by atoms with Crippen LogP contribution in [0.15, 0.2) is 88.9 Å². The van der Waals surface area contributed by atoms with Crippen LogP contribution in [-0.2, 0) is 13.1 Å². The summed E-state index contributed by atoms with van der Waals surface area (Å²) in [6, 6.07) is 21.1. The zero-order valence-electron chi connectivity index (χ0n) is 18.5. The lowest BCUT2D eigenvalue weighted by atomic mass is 10.1. The fourth-order valence-corrected chi connectivity index (χ4v) is 4.01. The first-order valence-corrected chi connectivity index (χ1v) is 11.5. The first kappa shape index (κ1) is 23.0. The molecule has 8 heteroatoms. The number of furan rings is 1. The highest BCUT2D eigenvalue weighted by Gasteiger charge is 2.18. The van der Waals surface area contributed by atoms with Gasteiger partial charge in [0.1, 0.15) is 5.76 Å². The summed E-state index contributed by atoms with van der Waals surface area (Å²) in [5, 5.41) is 7.27. The van der Waals surface area contributed by atoms with Crippen LogP contribution in [0.2, 0.25) is 0 Å². The molecular weight excluding hydrogens is 450 g/mol. The van der Waals surface area contributed by atoms with Gasteiger partial charge in [-0.25, -0.2) is 0 Å². The van der Waals surface area contributed by atoms with Crippen LogP contribution in [0, 0.1) is 0 Å². The third-order valence-electron chi connectivity index (χ3n) is 5.17. The highest BCUT2D eigenvalue weighted by atomic mass is 32.1. The maximum atomic E-state index is 13.4. The predicted octanol–water partition coefficient (Wildman–Crippen LogP) is 4.80. The average Bonchev–Trinajstić information content (AvgIpc) is 3.58. The average molecular weight is 474 g/mol. The minimum atomic E-state index is -0.186.